The van der Waals surface area contributed by atoms with Crippen LogP contribution in [0.2, 0.25) is 0 Å². The molecule has 0 amide bonds. The number of rotatable bonds is 1. The van der Waals surface area contributed by atoms with Gasteiger partial charge < -0.3 is 5.73 Å². The molecular weight excluding hydrogens is 303 g/mol. The topological polar surface area (TPSA) is 72.5 Å². The number of fused-ring (bicyclic) bond motifs is 2. The first-order valence-electron chi connectivity index (χ1n) is 7.36. The Labute approximate surface area is 130 Å². The van der Waals surface area contributed by atoms with Crippen molar-refractivity contribution in [1.82, 2.24) is 0 Å². The van der Waals surface area contributed by atoms with E-state index in [0.29, 0.717) is 24.2 Å². The average molecular weight is 324 g/mol. The van der Waals surface area contributed by atoms with Crippen molar-refractivity contribution in [3.8, 4) is 0 Å². The summed E-state index contributed by atoms with van der Waals surface area (Å²) in [7, 11) is -3.50. The molecule has 1 fully saturated rings. The SMILES string of the molecule is CC1=N[C@](C)(c2cc(N)ccc2F)[C@]2(C)CC[C@@]1(C)S2(=O)=O. The van der Waals surface area contributed by atoms with Crippen LogP contribution in [0.5, 0.6) is 0 Å². The van der Waals surface area contributed by atoms with Crippen molar-refractivity contribution in [2.75, 3.05) is 5.73 Å². The van der Waals surface area contributed by atoms with E-state index in [1.54, 1.807) is 27.7 Å². The van der Waals surface area contributed by atoms with E-state index >= 15 is 0 Å². The Balaban J connectivity index is 2.39. The highest BCUT2D eigenvalue weighted by atomic mass is 32.2. The molecule has 6 heteroatoms. The second-order valence-electron chi connectivity index (χ2n) is 6.97. The number of hydrogen-bond donors (Lipinski definition) is 1. The largest absolute Gasteiger partial charge is 0.399 e. The van der Waals surface area contributed by atoms with E-state index in [-0.39, 0.29) is 5.56 Å². The van der Waals surface area contributed by atoms with Gasteiger partial charge in [-0.15, -0.1) is 0 Å². The van der Waals surface area contributed by atoms with E-state index < -0.39 is 30.7 Å². The standard InChI is InChI=1S/C16H21FN2O2S/c1-10-14(2)7-8-15(3,22(14,20)21)16(4,19-10)12-9-11(18)5-6-13(12)17/h5-6,9H,7-8,18H2,1-4H3/t14-,15+,16-/m1/s1. The zero-order valence-corrected chi connectivity index (χ0v) is 14.1. The molecule has 0 unspecified atom stereocenters. The van der Waals surface area contributed by atoms with Gasteiger partial charge in [0.1, 0.15) is 16.1 Å². The molecule has 2 bridgehead atoms. The fraction of sp³-hybridized carbons (Fsp3) is 0.562. The maximum Gasteiger partial charge on any atom is 0.169 e. The molecule has 2 aliphatic rings. The molecule has 120 valence electrons. The van der Waals surface area contributed by atoms with Gasteiger partial charge in [-0.1, -0.05) is 0 Å². The Hall–Kier alpha value is -1.43. The van der Waals surface area contributed by atoms with Gasteiger partial charge in [0.25, 0.3) is 0 Å². The second-order valence-corrected chi connectivity index (χ2v) is 9.78. The predicted octanol–water partition coefficient (Wildman–Crippen LogP) is 2.82. The molecule has 1 aromatic carbocycles. The van der Waals surface area contributed by atoms with Crippen LogP contribution in [-0.4, -0.2) is 23.6 Å². The summed E-state index contributed by atoms with van der Waals surface area (Å²) in [6, 6.07) is 4.25. The highest BCUT2D eigenvalue weighted by Gasteiger charge is 2.69. The predicted molar refractivity (Wildman–Crippen MR) is 86.2 cm³/mol. The van der Waals surface area contributed by atoms with Crippen molar-refractivity contribution in [2.24, 2.45) is 4.99 Å². The Morgan fingerprint density at radius 3 is 2.50 bits per heavy atom. The average Bonchev–Trinajstić information content (AvgIpc) is 2.58. The lowest BCUT2D eigenvalue weighted by Crippen LogP contribution is -2.59. The summed E-state index contributed by atoms with van der Waals surface area (Å²) in [6.07, 6.45) is 0.970. The zero-order chi connectivity index (χ0) is 16.6. The number of aliphatic imine (C=N–C) groups is 1. The third-order valence-electron chi connectivity index (χ3n) is 5.97. The first-order chi connectivity index (χ1) is 9.99. The molecule has 0 radical (unpaired) electrons. The summed E-state index contributed by atoms with van der Waals surface area (Å²) < 4.78 is 38.7. The van der Waals surface area contributed by atoms with E-state index in [1.165, 1.54) is 18.2 Å². The van der Waals surface area contributed by atoms with Gasteiger partial charge in [-0.3, -0.25) is 4.99 Å². The van der Waals surface area contributed by atoms with E-state index in [0.717, 1.165) is 0 Å². The number of nitrogen functional groups attached to an aromatic ring is 1. The van der Waals surface area contributed by atoms with Crippen LogP contribution < -0.4 is 5.73 Å². The van der Waals surface area contributed by atoms with Crippen molar-refractivity contribution >= 4 is 21.2 Å². The summed E-state index contributed by atoms with van der Waals surface area (Å²) in [5.74, 6) is -0.472. The van der Waals surface area contributed by atoms with Gasteiger partial charge in [0.15, 0.2) is 9.84 Å². The molecule has 2 N–H and O–H groups in total. The maximum atomic E-state index is 14.4. The van der Waals surface area contributed by atoms with Crippen LogP contribution in [0, 0.1) is 5.82 Å². The van der Waals surface area contributed by atoms with Crippen molar-refractivity contribution in [3.05, 3.63) is 29.6 Å². The number of hydrogen-bond acceptors (Lipinski definition) is 4. The summed E-state index contributed by atoms with van der Waals surface area (Å²) in [5.41, 5.74) is 5.82. The molecule has 2 aliphatic heterocycles. The Morgan fingerprint density at radius 2 is 1.86 bits per heavy atom. The number of nitrogens with zero attached hydrogens (tertiary/aromatic N) is 1. The number of anilines is 1. The van der Waals surface area contributed by atoms with Crippen molar-refractivity contribution in [2.45, 2.75) is 55.6 Å². The van der Waals surface area contributed by atoms with Crippen LogP contribution in [0.25, 0.3) is 0 Å². The summed E-state index contributed by atoms with van der Waals surface area (Å²) in [4.78, 5) is 4.69. The normalized spacial score (nSPS) is 39.6. The fourth-order valence-electron chi connectivity index (χ4n) is 3.96. The minimum Gasteiger partial charge on any atom is -0.399 e. The number of benzene rings is 1. The molecule has 3 atom stereocenters. The van der Waals surface area contributed by atoms with Crippen LogP contribution in [0.3, 0.4) is 0 Å². The highest BCUT2D eigenvalue weighted by molar-refractivity contribution is 7.95. The lowest BCUT2D eigenvalue weighted by molar-refractivity contribution is 0.332. The van der Waals surface area contributed by atoms with Gasteiger partial charge in [-0.2, -0.15) is 0 Å². The first kappa shape index (κ1) is 15.5. The quantitative estimate of drug-likeness (QED) is 0.807. The molecule has 1 aromatic rings. The van der Waals surface area contributed by atoms with Crippen LogP contribution in [0.4, 0.5) is 10.1 Å². The second kappa shape index (κ2) is 4.10. The van der Waals surface area contributed by atoms with Gasteiger partial charge >= 0.3 is 0 Å². The number of halogens is 1. The van der Waals surface area contributed by atoms with Crippen LogP contribution in [0.1, 0.15) is 46.1 Å². The number of nitrogens with two attached hydrogens (primary N) is 1. The minimum absolute atomic E-state index is 0.252. The molecule has 0 spiro atoms. The fourth-order valence-corrected chi connectivity index (χ4v) is 6.81. The van der Waals surface area contributed by atoms with Gasteiger partial charge in [0.05, 0.1) is 4.75 Å². The molecule has 22 heavy (non-hydrogen) atoms. The smallest absolute Gasteiger partial charge is 0.169 e. The molecule has 0 saturated carbocycles. The Bertz CT molecular complexity index is 804. The van der Waals surface area contributed by atoms with Gasteiger partial charge in [0, 0.05) is 17.0 Å². The number of sulfone groups is 1. The zero-order valence-electron chi connectivity index (χ0n) is 13.3. The highest BCUT2D eigenvalue weighted by Crippen LogP contribution is 2.59. The summed E-state index contributed by atoms with van der Waals surface area (Å²) in [6.45, 7) is 6.84. The van der Waals surface area contributed by atoms with Gasteiger partial charge in [-0.05, 0) is 58.7 Å². The van der Waals surface area contributed by atoms with E-state index in [9.17, 15) is 12.8 Å². The minimum atomic E-state index is -3.50. The molecule has 1 saturated heterocycles. The molecule has 0 aromatic heterocycles. The van der Waals surface area contributed by atoms with Crippen LogP contribution in [-0.2, 0) is 15.4 Å². The van der Waals surface area contributed by atoms with Crippen molar-refractivity contribution in [3.63, 3.8) is 0 Å². The Kier molecular flexibility index (Phi) is 2.88. The van der Waals surface area contributed by atoms with Crippen molar-refractivity contribution < 1.29 is 12.8 Å². The third kappa shape index (κ3) is 1.46. The molecule has 3 rings (SSSR count). The third-order valence-corrected chi connectivity index (χ3v) is 9.44. The first-order valence-corrected chi connectivity index (χ1v) is 8.84. The van der Waals surface area contributed by atoms with E-state index in [2.05, 4.69) is 0 Å². The Morgan fingerprint density at radius 1 is 1.23 bits per heavy atom. The lowest BCUT2D eigenvalue weighted by Gasteiger charge is -2.46. The summed E-state index contributed by atoms with van der Waals surface area (Å²) >= 11 is 0. The molecule has 4 nitrogen and oxygen atoms in total. The molecular formula is C16H21FN2O2S. The van der Waals surface area contributed by atoms with Gasteiger partial charge in [0.2, 0.25) is 0 Å². The molecule has 0 aliphatic carbocycles. The van der Waals surface area contributed by atoms with Gasteiger partial charge in [-0.25, -0.2) is 12.8 Å². The monoisotopic (exact) mass is 324 g/mol. The van der Waals surface area contributed by atoms with E-state index in [1.807, 2.05) is 0 Å². The summed E-state index contributed by atoms with van der Waals surface area (Å²) in [5, 5.41) is 0. The molecule has 2 heterocycles. The lowest BCUT2D eigenvalue weighted by atomic mass is 9.78. The van der Waals surface area contributed by atoms with E-state index in [4.69, 9.17) is 10.7 Å². The maximum absolute atomic E-state index is 14.4. The van der Waals surface area contributed by atoms with Crippen molar-refractivity contribution in [1.29, 1.82) is 0 Å². The van der Waals surface area contributed by atoms with Crippen LogP contribution in [0.15, 0.2) is 23.2 Å². The van der Waals surface area contributed by atoms with Crippen LogP contribution >= 0.6 is 0 Å².